The molecule has 0 amide bonds. The molecule has 0 bridgehead atoms. The van der Waals surface area contributed by atoms with Crippen molar-refractivity contribution >= 4 is 11.5 Å². The maximum absolute atomic E-state index is 13.3. The highest BCUT2D eigenvalue weighted by molar-refractivity contribution is 5.84. The SMILES string of the molecule is Nc1nn2cc(-c3ccccc3C(F)(F)F)cnc2c1-c1ccccn1. The van der Waals surface area contributed by atoms with E-state index in [9.17, 15) is 13.2 Å². The summed E-state index contributed by atoms with van der Waals surface area (Å²) in [6, 6.07) is 10.7. The molecular formula is C18H12F3N5. The number of benzene rings is 1. The Hall–Kier alpha value is -3.42. The lowest BCUT2D eigenvalue weighted by Crippen LogP contribution is -2.07. The molecule has 0 spiro atoms. The Morgan fingerprint density at radius 2 is 1.73 bits per heavy atom. The number of fused-ring (bicyclic) bond motifs is 1. The van der Waals surface area contributed by atoms with Gasteiger partial charge in [0.15, 0.2) is 11.5 Å². The van der Waals surface area contributed by atoms with Gasteiger partial charge in [0.25, 0.3) is 0 Å². The van der Waals surface area contributed by atoms with Gasteiger partial charge in [-0.1, -0.05) is 24.3 Å². The number of nitrogens with two attached hydrogens (primary N) is 1. The third-order valence-electron chi connectivity index (χ3n) is 3.96. The minimum atomic E-state index is -4.46. The molecule has 8 heteroatoms. The van der Waals surface area contributed by atoms with Crippen molar-refractivity contribution in [1.82, 2.24) is 19.6 Å². The summed E-state index contributed by atoms with van der Waals surface area (Å²) in [4.78, 5) is 8.53. The van der Waals surface area contributed by atoms with Crippen LogP contribution in [0.5, 0.6) is 0 Å². The van der Waals surface area contributed by atoms with Gasteiger partial charge in [0, 0.05) is 24.2 Å². The van der Waals surface area contributed by atoms with Crippen LogP contribution >= 0.6 is 0 Å². The van der Waals surface area contributed by atoms with E-state index in [1.807, 2.05) is 0 Å². The second-order valence-corrected chi connectivity index (χ2v) is 5.63. The van der Waals surface area contributed by atoms with Gasteiger partial charge in [-0.25, -0.2) is 9.50 Å². The molecule has 0 unspecified atom stereocenters. The van der Waals surface area contributed by atoms with Crippen LogP contribution in [0.1, 0.15) is 5.56 Å². The quantitative estimate of drug-likeness (QED) is 0.589. The summed E-state index contributed by atoms with van der Waals surface area (Å²) in [5.41, 5.74) is 7.14. The summed E-state index contributed by atoms with van der Waals surface area (Å²) < 4.78 is 41.2. The number of nitrogen functional groups attached to an aromatic ring is 1. The Balaban J connectivity index is 1.89. The zero-order chi connectivity index (χ0) is 18.3. The number of aromatic nitrogens is 4. The third kappa shape index (κ3) is 2.65. The number of halogens is 3. The molecule has 5 nitrogen and oxygen atoms in total. The fourth-order valence-electron chi connectivity index (χ4n) is 2.83. The number of rotatable bonds is 2. The molecule has 0 saturated heterocycles. The Morgan fingerprint density at radius 1 is 0.962 bits per heavy atom. The van der Waals surface area contributed by atoms with Crippen molar-refractivity contribution in [3.8, 4) is 22.4 Å². The summed E-state index contributed by atoms with van der Waals surface area (Å²) in [6.07, 6.45) is 0.0171. The van der Waals surface area contributed by atoms with Crippen LogP contribution in [0.3, 0.4) is 0 Å². The smallest absolute Gasteiger partial charge is 0.382 e. The van der Waals surface area contributed by atoms with Gasteiger partial charge in [0.05, 0.1) is 16.8 Å². The number of anilines is 1. The lowest BCUT2D eigenvalue weighted by molar-refractivity contribution is -0.137. The van der Waals surface area contributed by atoms with Gasteiger partial charge in [0.1, 0.15) is 0 Å². The Bertz CT molecular complexity index is 1090. The molecule has 1 aromatic carbocycles. The van der Waals surface area contributed by atoms with Crippen molar-refractivity contribution in [3.05, 3.63) is 66.6 Å². The maximum Gasteiger partial charge on any atom is 0.417 e. The monoisotopic (exact) mass is 355 g/mol. The van der Waals surface area contributed by atoms with Gasteiger partial charge in [-0.05, 0) is 23.8 Å². The molecule has 0 aliphatic rings. The van der Waals surface area contributed by atoms with Crippen LogP contribution in [-0.2, 0) is 6.18 Å². The molecule has 0 atom stereocenters. The van der Waals surface area contributed by atoms with E-state index in [-0.39, 0.29) is 11.4 Å². The molecule has 2 N–H and O–H groups in total. The number of hydrogen-bond acceptors (Lipinski definition) is 4. The lowest BCUT2D eigenvalue weighted by Gasteiger charge is -2.12. The molecule has 0 aliphatic heterocycles. The molecule has 3 aromatic heterocycles. The molecule has 3 heterocycles. The number of hydrogen-bond donors (Lipinski definition) is 1. The minimum absolute atomic E-state index is 0.0304. The van der Waals surface area contributed by atoms with Crippen molar-refractivity contribution in [2.24, 2.45) is 0 Å². The van der Waals surface area contributed by atoms with E-state index in [1.165, 1.54) is 29.0 Å². The van der Waals surface area contributed by atoms with E-state index in [2.05, 4.69) is 15.1 Å². The molecular weight excluding hydrogens is 343 g/mol. The number of pyridine rings is 1. The zero-order valence-electron chi connectivity index (χ0n) is 13.3. The first-order valence-electron chi connectivity index (χ1n) is 7.67. The fraction of sp³-hybridized carbons (Fsp3) is 0.0556. The average Bonchev–Trinajstić information content (AvgIpc) is 2.96. The van der Waals surface area contributed by atoms with E-state index < -0.39 is 11.7 Å². The first-order chi connectivity index (χ1) is 12.4. The molecule has 4 rings (SSSR count). The van der Waals surface area contributed by atoms with Crippen LogP contribution in [-0.4, -0.2) is 19.6 Å². The highest BCUT2D eigenvalue weighted by Crippen LogP contribution is 2.37. The van der Waals surface area contributed by atoms with E-state index in [0.29, 0.717) is 22.5 Å². The van der Waals surface area contributed by atoms with Crippen molar-refractivity contribution in [2.75, 3.05) is 5.73 Å². The van der Waals surface area contributed by atoms with Gasteiger partial charge < -0.3 is 5.73 Å². The van der Waals surface area contributed by atoms with Crippen molar-refractivity contribution in [3.63, 3.8) is 0 Å². The van der Waals surface area contributed by atoms with Crippen LogP contribution in [0.4, 0.5) is 19.0 Å². The summed E-state index contributed by atoms with van der Waals surface area (Å²) in [5.74, 6) is 0.206. The predicted molar refractivity (Wildman–Crippen MR) is 91.1 cm³/mol. The Kier molecular flexibility index (Phi) is 3.61. The van der Waals surface area contributed by atoms with Crippen LogP contribution in [0.25, 0.3) is 28.0 Å². The van der Waals surface area contributed by atoms with E-state index >= 15 is 0 Å². The van der Waals surface area contributed by atoms with E-state index in [4.69, 9.17) is 5.73 Å². The van der Waals surface area contributed by atoms with E-state index in [1.54, 1.807) is 30.5 Å². The Morgan fingerprint density at radius 3 is 2.46 bits per heavy atom. The first kappa shape index (κ1) is 16.1. The predicted octanol–water partition coefficient (Wildman–Crippen LogP) is 4.06. The van der Waals surface area contributed by atoms with Crippen LogP contribution in [0.2, 0.25) is 0 Å². The van der Waals surface area contributed by atoms with Crippen molar-refractivity contribution in [2.45, 2.75) is 6.18 Å². The van der Waals surface area contributed by atoms with Crippen LogP contribution < -0.4 is 5.73 Å². The summed E-state index contributed by atoms with van der Waals surface area (Å²) in [7, 11) is 0. The van der Waals surface area contributed by atoms with Crippen molar-refractivity contribution < 1.29 is 13.2 Å². The van der Waals surface area contributed by atoms with E-state index in [0.717, 1.165) is 6.07 Å². The van der Waals surface area contributed by atoms with Crippen LogP contribution in [0, 0.1) is 0 Å². The standard InChI is InChI=1S/C18H12F3N5/c19-18(20,21)13-6-2-1-5-12(13)11-9-24-17-15(14-7-3-4-8-23-14)16(22)25-26(17)10-11/h1-10H,(H2,22,25). The summed E-state index contributed by atoms with van der Waals surface area (Å²) in [6.45, 7) is 0. The van der Waals surface area contributed by atoms with Gasteiger partial charge in [-0.3, -0.25) is 4.98 Å². The second kappa shape index (κ2) is 5.83. The van der Waals surface area contributed by atoms with Crippen LogP contribution in [0.15, 0.2) is 61.1 Å². The normalized spacial score (nSPS) is 11.8. The summed E-state index contributed by atoms with van der Waals surface area (Å²) >= 11 is 0. The molecule has 0 radical (unpaired) electrons. The number of alkyl halides is 3. The lowest BCUT2D eigenvalue weighted by atomic mass is 10.0. The van der Waals surface area contributed by atoms with Gasteiger partial charge in [-0.2, -0.15) is 13.2 Å². The van der Waals surface area contributed by atoms with Gasteiger partial charge in [-0.15, -0.1) is 5.10 Å². The molecule has 0 fully saturated rings. The molecule has 130 valence electrons. The highest BCUT2D eigenvalue weighted by atomic mass is 19.4. The fourth-order valence-corrected chi connectivity index (χ4v) is 2.83. The largest absolute Gasteiger partial charge is 0.417 e. The first-order valence-corrected chi connectivity index (χ1v) is 7.67. The van der Waals surface area contributed by atoms with Gasteiger partial charge in [0.2, 0.25) is 0 Å². The Labute approximate surface area is 145 Å². The molecule has 4 aromatic rings. The maximum atomic E-state index is 13.3. The highest BCUT2D eigenvalue weighted by Gasteiger charge is 2.33. The summed E-state index contributed by atoms with van der Waals surface area (Å²) in [5, 5.41) is 4.18. The molecule has 0 saturated carbocycles. The molecule has 0 aliphatic carbocycles. The second-order valence-electron chi connectivity index (χ2n) is 5.63. The zero-order valence-corrected chi connectivity index (χ0v) is 13.3. The van der Waals surface area contributed by atoms with Gasteiger partial charge >= 0.3 is 6.18 Å². The third-order valence-corrected chi connectivity index (χ3v) is 3.96. The topological polar surface area (TPSA) is 69.1 Å². The van der Waals surface area contributed by atoms with Crippen molar-refractivity contribution in [1.29, 1.82) is 0 Å². The number of nitrogens with zero attached hydrogens (tertiary/aromatic N) is 4. The minimum Gasteiger partial charge on any atom is -0.382 e. The molecule has 26 heavy (non-hydrogen) atoms. The average molecular weight is 355 g/mol.